The molecule has 0 aromatic carbocycles. The second kappa shape index (κ2) is 17.2. The van der Waals surface area contributed by atoms with Gasteiger partial charge in [-0.1, -0.05) is 116 Å². The second-order valence-corrected chi connectivity index (χ2v) is 9.80. The molecule has 2 aliphatic rings. The summed E-state index contributed by atoms with van der Waals surface area (Å²) in [4.78, 5) is 2.58. The minimum absolute atomic E-state index is 0.624. The molecule has 2 heterocycles. The lowest BCUT2D eigenvalue weighted by Gasteiger charge is -2.39. The largest absolute Gasteiger partial charge is 0.362 e. The van der Waals surface area contributed by atoms with Crippen molar-refractivity contribution < 1.29 is 0 Å². The van der Waals surface area contributed by atoms with Crippen LogP contribution < -0.4 is 5.32 Å². The first kappa shape index (κ1) is 24.8. The molecule has 0 aliphatic carbocycles. The predicted molar refractivity (Wildman–Crippen MR) is 129 cm³/mol. The van der Waals surface area contributed by atoms with Crippen LogP contribution in [0.2, 0.25) is 0 Å². The van der Waals surface area contributed by atoms with Gasteiger partial charge in [0.05, 0.1) is 6.17 Å². The maximum atomic E-state index is 3.79. The second-order valence-electron chi connectivity index (χ2n) is 9.80. The average Bonchev–Trinajstić information content (AvgIpc) is 2.96. The Hall–Kier alpha value is -0.500. The van der Waals surface area contributed by atoms with Crippen LogP contribution >= 0.6 is 0 Å². The van der Waals surface area contributed by atoms with Gasteiger partial charge in [0.2, 0.25) is 0 Å². The SMILES string of the molecule is CCCCCCCCCCCCCCCCCCC1CCC=CN2CCCNC12. The van der Waals surface area contributed by atoms with E-state index in [1.807, 2.05) is 0 Å². The van der Waals surface area contributed by atoms with Crippen LogP contribution in [0.3, 0.4) is 0 Å². The minimum atomic E-state index is 0.624. The van der Waals surface area contributed by atoms with Gasteiger partial charge in [-0.05, 0) is 44.3 Å². The number of fused-ring (bicyclic) bond motifs is 1. The molecular weight excluding hydrogens is 352 g/mol. The topological polar surface area (TPSA) is 15.3 Å². The number of allylic oxidation sites excluding steroid dienone is 1. The normalized spacial score (nSPS) is 21.9. The van der Waals surface area contributed by atoms with Gasteiger partial charge in [-0.3, -0.25) is 5.32 Å². The maximum Gasteiger partial charge on any atom is 0.0818 e. The molecule has 2 atom stereocenters. The van der Waals surface area contributed by atoms with Crippen molar-refractivity contribution in [2.45, 2.75) is 142 Å². The Morgan fingerprint density at radius 2 is 1.31 bits per heavy atom. The maximum absolute atomic E-state index is 3.79. The number of nitrogens with zero attached hydrogens (tertiary/aromatic N) is 1. The number of rotatable bonds is 17. The highest BCUT2D eigenvalue weighted by molar-refractivity contribution is 4.95. The van der Waals surface area contributed by atoms with Gasteiger partial charge in [-0.2, -0.15) is 0 Å². The lowest BCUT2D eigenvalue weighted by molar-refractivity contribution is 0.124. The summed E-state index contributed by atoms with van der Waals surface area (Å²) in [5.74, 6) is 0.858. The van der Waals surface area contributed by atoms with Gasteiger partial charge in [-0.15, -0.1) is 0 Å². The Labute approximate surface area is 183 Å². The van der Waals surface area contributed by atoms with E-state index in [4.69, 9.17) is 0 Å². The van der Waals surface area contributed by atoms with Crippen LogP contribution in [-0.4, -0.2) is 24.2 Å². The fourth-order valence-corrected chi connectivity index (χ4v) is 5.31. The van der Waals surface area contributed by atoms with Crippen LogP contribution in [0.25, 0.3) is 0 Å². The third-order valence-corrected chi connectivity index (χ3v) is 7.18. The molecule has 29 heavy (non-hydrogen) atoms. The van der Waals surface area contributed by atoms with Crippen molar-refractivity contribution in [1.82, 2.24) is 10.2 Å². The van der Waals surface area contributed by atoms with Gasteiger partial charge in [0.15, 0.2) is 0 Å². The average molecular weight is 405 g/mol. The molecule has 2 nitrogen and oxygen atoms in total. The summed E-state index contributed by atoms with van der Waals surface area (Å²) in [6.45, 7) is 4.77. The molecule has 0 radical (unpaired) electrons. The fraction of sp³-hybridized carbons (Fsp3) is 0.926. The third-order valence-electron chi connectivity index (χ3n) is 7.18. The molecule has 1 fully saturated rings. The van der Waals surface area contributed by atoms with E-state index < -0.39 is 0 Å². The van der Waals surface area contributed by atoms with Gasteiger partial charge in [0.25, 0.3) is 0 Å². The minimum Gasteiger partial charge on any atom is -0.362 e. The highest BCUT2D eigenvalue weighted by Crippen LogP contribution is 2.27. The van der Waals surface area contributed by atoms with Crippen molar-refractivity contribution in [1.29, 1.82) is 0 Å². The number of unbranched alkanes of at least 4 members (excludes halogenated alkanes) is 15. The van der Waals surface area contributed by atoms with Crippen LogP contribution in [0.15, 0.2) is 12.3 Å². The highest BCUT2D eigenvalue weighted by atomic mass is 15.3. The summed E-state index contributed by atoms with van der Waals surface area (Å²) in [5.41, 5.74) is 0. The van der Waals surface area contributed by atoms with Gasteiger partial charge in [0.1, 0.15) is 0 Å². The first-order chi connectivity index (χ1) is 14.4. The number of hydrogen-bond acceptors (Lipinski definition) is 2. The van der Waals surface area contributed by atoms with Crippen molar-refractivity contribution in [3.63, 3.8) is 0 Å². The fourth-order valence-electron chi connectivity index (χ4n) is 5.31. The van der Waals surface area contributed by atoms with Gasteiger partial charge < -0.3 is 4.90 Å². The zero-order valence-electron chi connectivity index (χ0n) is 19.8. The van der Waals surface area contributed by atoms with Crippen molar-refractivity contribution in [3.8, 4) is 0 Å². The zero-order chi connectivity index (χ0) is 20.4. The summed E-state index contributed by atoms with van der Waals surface area (Å²) in [7, 11) is 0. The standard InChI is InChI=1S/C27H52N2/c1-2-3-4-5-6-7-8-9-10-11-12-13-14-15-16-17-21-26-22-18-19-24-29-25-20-23-28-27(26)29/h19,24,26-28H,2-18,20-23,25H2,1H3. The van der Waals surface area contributed by atoms with Crippen LogP contribution in [0.4, 0.5) is 0 Å². The molecule has 2 unspecified atom stereocenters. The Balaban J connectivity index is 1.34. The van der Waals surface area contributed by atoms with Gasteiger partial charge in [0, 0.05) is 6.54 Å². The smallest absolute Gasteiger partial charge is 0.0818 e. The predicted octanol–water partition coefficient (Wildman–Crippen LogP) is 8.18. The molecule has 2 heteroatoms. The molecule has 170 valence electrons. The van der Waals surface area contributed by atoms with Crippen LogP contribution in [0.5, 0.6) is 0 Å². The van der Waals surface area contributed by atoms with Crippen LogP contribution in [0.1, 0.15) is 135 Å². The number of hydrogen-bond donors (Lipinski definition) is 1. The van der Waals surface area contributed by atoms with E-state index in [1.165, 1.54) is 142 Å². The molecule has 1 saturated heterocycles. The Morgan fingerprint density at radius 3 is 1.90 bits per heavy atom. The third kappa shape index (κ3) is 11.5. The monoisotopic (exact) mass is 404 g/mol. The molecule has 0 amide bonds. The van der Waals surface area contributed by atoms with Crippen molar-refractivity contribution >= 4 is 0 Å². The molecule has 2 aliphatic heterocycles. The van der Waals surface area contributed by atoms with Crippen molar-refractivity contribution in [2.75, 3.05) is 13.1 Å². The first-order valence-electron chi connectivity index (χ1n) is 13.6. The Morgan fingerprint density at radius 1 is 0.759 bits per heavy atom. The Kier molecular flexibility index (Phi) is 14.7. The van der Waals surface area contributed by atoms with E-state index in [1.54, 1.807) is 0 Å². The van der Waals surface area contributed by atoms with Gasteiger partial charge in [-0.25, -0.2) is 0 Å². The summed E-state index contributed by atoms with van der Waals surface area (Å²) in [5, 5.41) is 3.79. The molecule has 0 aromatic rings. The molecule has 2 rings (SSSR count). The Bertz CT molecular complexity index is 392. The summed E-state index contributed by atoms with van der Waals surface area (Å²) in [6, 6.07) is 0. The summed E-state index contributed by atoms with van der Waals surface area (Å²) in [6.07, 6.45) is 34.2. The van der Waals surface area contributed by atoms with E-state index in [-0.39, 0.29) is 0 Å². The van der Waals surface area contributed by atoms with Gasteiger partial charge >= 0.3 is 0 Å². The van der Waals surface area contributed by atoms with Crippen LogP contribution in [-0.2, 0) is 0 Å². The molecule has 0 bridgehead atoms. The van der Waals surface area contributed by atoms with Crippen LogP contribution in [0, 0.1) is 5.92 Å². The molecule has 1 N–H and O–H groups in total. The van der Waals surface area contributed by atoms with Crippen molar-refractivity contribution in [3.05, 3.63) is 12.3 Å². The molecular formula is C27H52N2. The molecule has 0 spiro atoms. The zero-order valence-corrected chi connectivity index (χ0v) is 19.8. The molecule has 0 aromatic heterocycles. The molecule has 0 saturated carbocycles. The quantitative estimate of drug-likeness (QED) is 0.246. The lowest BCUT2D eigenvalue weighted by Crippen LogP contribution is -2.52. The van der Waals surface area contributed by atoms with E-state index in [9.17, 15) is 0 Å². The summed E-state index contributed by atoms with van der Waals surface area (Å²) < 4.78 is 0. The number of nitrogens with one attached hydrogen (secondary N) is 1. The summed E-state index contributed by atoms with van der Waals surface area (Å²) >= 11 is 0. The highest BCUT2D eigenvalue weighted by Gasteiger charge is 2.28. The van der Waals surface area contributed by atoms with E-state index in [0.29, 0.717) is 6.17 Å². The van der Waals surface area contributed by atoms with E-state index >= 15 is 0 Å². The first-order valence-corrected chi connectivity index (χ1v) is 13.6. The van der Waals surface area contributed by atoms with Crippen molar-refractivity contribution in [2.24, 2.45) is 5.92 Å². The van der Waals surface area contributed by atoms with E-state index in [0.717, 1.165) is 5.92 Å². The van der Waals surface area contributed by atoms with E-state index in [2.05, 4.69) is 29.4 Å². The lowest BCUT2D eigenvalue weighted by atomic mass is 9.92.